The average molecular weight is 455 g/mol. The minimum Gasteiger partial charge on any atom is -0.450 e. The number of hydrogen-bond acceptors (Lipinski definition) is 6. The van der Waals surface area contributed by atoms with Gasteiger partial charge in [-0.15, -0.1) is 11.3 Å². The van der Waals surface area contributed by atoms with E-state index >= 15 is 0 Å². The summed E-state index contributed by atoms with van der Waals surface area (Å²) in [6.45, 7) is 3.22. The summed E-state index contributed by atoms with van der Waals surface area (Å²) in [7, 11) is 0. The summed E-state index contributed by atoms with van der Waals surface area (Å²) in [5.41, 5.74) is 1.84. The van der Waals surface area contributed by atoms with Crippen molar-refractivity contribution in [2.75, 3.05) is 19.7 Å². The second-order valence-electron chi connectivity index (χ2n) is 8.36. The molecule has 0 radical (unpaired) electrons. The Labute approximate surface area is 189 Å². The van der Waals surface area contributed by atoms with Crippen molar-refractivity contribution in [3.05, 3.63) is 44.7 Å². The third kappa shape index (κ3) is 3.64. The molecule has 5 rings (SSSR count). The molecule has 0 spiro atoms. The molecule has 9 heteroatoms. The Kier molecular flexibility index (Phi) is 5.58. The van der Waals surface area contributed by atoms with Gasteiger partial charge in [0.1, 0.15) is 4.83 Å². The van der Waals surface area contributed by atoms with E-state index < -0.39 is 0 Å². The molecule has 0 saturated carbocycles. The molecule has 1 N–H and O–H groups in total. The molecule has 0 bridgehead atoms. The number of piperidine rings is 1. The first-order valence-corrected chi connectivity index (χ1v) is 12.1. The summed E-state index contributed by atoms with van der Waals surface area (Å²) >= 11 is 1.59. The minimum atomic E-state index is -0.308. The molecule has 4 heterocycles. The molecule has 0 atom stereocenters. The fourth-order valence-corrected chi connectivity index (χ4v) is 5.96. The maximum Gasteiger partial charge on any atom is 0.409 e. The van der Waals surface area contributed by atoms with Crippen LogP contribution in [0.5, 0.6) is 0 Å². The van der Waals surface area contributed by atoms with Gasteiger partial charge in [0.25, 0.3) is 11.5 Å². The highest BCUT2D eigenvalue weighted by Gasteiger charge is 2.26. The largest absolute Gasteiger partial charge is 0.450 e. The summed E-state index contributed by atoms with van der Waals surface area (Å²) in [5.74, 6) is -0.245. The Morgan fingerprint density at radius 3 is 2.81 bits per heavy atom. The van der Waals surface area contributed by atoms with Crippen LogP contribution in [0.15, 0.2) is 23.1 Å². The third-order valence-corrected chi connectivity index (χ3v) is 7.55. The molecule has 1 aliphatic carbocycles. The number of carbonyl (C=O) groups is 2. The summed E-state index contributed by atoms with van der Waals surface area (Å²) in [6, 6.07) is 3.39. The van der Waals surface area contributed by atoms with Crippen molar-refractivity contribution in [2.24, 2.45) is 0 Å². The maximum absolute atomic E-state index is 13.3. The van der Waals surface area contributed by atoms with Crippen molar-refractivity contribution in [3.8, 4) is 0 Å². The number of thiophene rings is 1. The lowest BCUT2D eigenvalue weighted by Gasteiger charge is -2.31. The Morgan fingerprint density at radius 2 is 2.03 bits per heavy atom. The summed E-state index contributed by atoms with van der Waals surface area (Å²) in [5, 5.41) is 3.78. The van der Waals surface area contributed by atoms with Crippen molar-refractivity contribution >= 4 is 39.2 Å². The zero-order valence-electron chi connectivity index (χ0n) is 18.1. The number of nitrogens with one attached hydrogen (secondary N) is 1. The van der Waals surface area contributed by atoms with Crippen LogP contribution in [0.3, 0.4) is 0 Å². The zero-order valence-corrected chi connectivity index (χ0v) is 18.9. The van der Waals surface area contributed by atoms with E-state index in [1.807, 2.05) is 0 Å². The second kappa shape index (κ2) is 8.54. The van der Waals surface area contributed by atoms with Crippen LogP contribution in [-0.4, -0.2) is 52.0 Å². The van der Waals surface area contributed by atoms with E-state index in [-0.39, 0.29) is 23.6 Å². The van der Waals surface area contributed by atoms with Gasteiger partial charge in [0.2, 0.25) is 0 Å². The van der Waals surface area contributed by atoms with Gasteiger partial charge in [-0.25, -0.2) is 9.78 Å². The van der Waals surface area contributed by atoms with Gasteiger partial charge in [-0.05, 0) is 63.1 Å². The molecule has 8 nitrogen and oxygen atoms in total. The molecule has 168 valence electrons. The van der Waals surface area contributed by atoms with E-state index in [1.54, 1.807) is 41.5 Å². The van der Waals surface area contributed by atoms with Crippen molar-refractivity contribution in [1.82, 2.24) is 19.6 Å². The van der Waals surface area contributed by atoms with E-state index in [0.717, 1.165) is 36.1 Å². The van der Waals surface area contributed by atoms with Crippen LogP contribution in [0, 0.1) is 0 Å². The molecule has 3 aromatic rings. The molecule has 1 aliphatic heterocycles. The van der Waals surface area contributed by atoms with Crippen LogP contribution in [0.2, 0.25) is 0 Å². The third-order valence-electron chi connectivity index (χ3n) is 6.36. The van der Waals surface area contributed by atoms with Gasteiger partial charge < -0.3 is 15.0 Å². The van der Waals surface area contributed by atoms with Crippen LogP contribution in [0.4, 0.5) is 4.79 Å². The first kappa shape index (κ1) is 20.9. The lowest BCUT2D eigenvalue weighted by molar-refractivity contribution is 0.0861. The van der Waals surface area contributed by atoms with E-state index in [0.29, 0.717) is 49.1 Å². The first-order chi connectivity index (χ1) is 15.6. The lowest BCUT2D eigenvalue weighted by atomic mass is 9.97. The highest BCUT2D eigenvalue weighted by Crippen LogP contribution is 2.34. The molecule has 0 aromatic carbocycles. The number of pyridine rings is 1. The Balaban J connectivity index is 1.41. The van der Waals surface area contributed by atoms with E-state index in [2.05, 4.69) is 5.32 Å². The highest BCUT2D eigenvalue weighted by molar-refractivity contribution is 7.18. The number of nitrogens with zero attached hydrogens (tertiary/aromatic N) is 3. The van der Waals surface area contributed by atoms with Crippen LogP contribution in [0.1, 0.15) is 53.4 Å². The average Bonchev–Trinajstić information content (AvgIpc) is 3.18. The number of rotatable bonds is 3. The van der Waals surface area contributed by atoms with Gasteiger partial charge in [0.15, 0.2) is 5.65 Å². The number of likely N-dealkylation sites (tertiary alicyclic amines) is 1. The van der Waals surface area contributed by atoms with Gasteiger partial charge in [0, 0.05) is 30.2 Å². The predicted octanol–water partition coefficient (Wildman–Crippen LogP) is 3.14. The number of fused-ring (bicyclic) bond motifs is 4. The maximum atomic E-state index is 13.3. The number of ether oxygens (including phenoxy) is 1. The Bertz CT molecular complexity index is 1260. The molecule has 32 heavy (non-hydrogen) atoms. The van der Waals surface area contributed by atoms with Gasteiger partial charge in [-0.1, -0.05) is 0 Å². The van der Waals surface area contributed by atoms with Crippen LogP contribution in [-0.2, 0) is 17.6 Å². The molecular weight excluding hydrogens is 428 g/mol. The van der Waals surface area contributed by atoms with Gasteiger partial charge in [0.05, 0.1) is 17.6 Å². The minimum absolute atomic E-state index is 0.0436. The molecule has 1 fully saturated rings. The predicted molar refractivity (Wildman–Crippen MR) is 123 cm³/mol. The molecule has 2 amide bonds. The SMILES string of the molecule is CCOC(=O)N1CCC(NC(=O)c2cccn3c(=O)c4c5c(sc4nc23)CCCC5)CC1. The molecular formula is C23H26N4O4S. The summed E-state index contributed by atoms with van der Waals surface area (Å²) < 4.78 is 6.55. The zero-order chi connectivity index (χ0) is 22.2. The lowest BCUT2D eigenvalue weighted by Crippen LogP contribution is -2.46. The van der Waals surface area contributed by atoms with Gasteiger partial charge in [-0.2, -0.15) is 0 Å². The van der Waals surface area contributed by atoms with Crippen molar-refractivity contribution < 1.29 is 14.3 Å². The van der Waals surface area contributed by atoms with Crippen molar-refractivity contribution in [2.45, 2.75) is 51.5 Å². The topological polar surface area (TPSA) is 93.0 Å². The molecule has 0 unspecified atom stereocenters. The van der Waals surface area contributed by atoms with E-state index in [1.165, 1.54) is 9.28 Å². The Morgan fingerprint density at radius 1 is 1.25 bits per heavy atom. The quantitative estimate of drug-likeness (QED) is 0.656. The number of amides is 2. The number of hydrogen-bond donors (Lipinski definition) is 1. The normalized spacial score (nSPS) is 16.8. The fourth-order valence-electron chi connectivity index (χ4n) is 4.71. The Hall–Kier alpha value is -2.94. The van der Waals surface area contributed by atoms with Crippen LogP contribution in [0.25, 0.3) is 15.9 Å². The van der Waals surface area contributed by atoms with Crippen LogP contribution < -0.4 is 10.9 Å². The van der Waals surface area contributed by atoms with Crippen LogP contribution >= 0.6 is 11.3 Å². The van der Waals surface area contributed by atoms with E-state index in [9.17, 15) is 14.4 Å². The smallest absolute Gasteiger partial charge is 0.409 e. The number of aryl methyl sites for hydroxylation is 2. The monoisotopic (exact) mass is 454 g/mol. The second-order valence-corrected chi connectivity index (χ2v) is 9.44. The highest BCUT2D eigenvalue weighted by atomic mass is 32.1. The molecule has 1 saturated heterocycles. The fraction of sp³-hybridized carbons (Fsp3) is 0.478. The standard InChI is InChI=1S/C23H26N4O4S/c1-2-31-23(30)26-12-9-14(10-13-26)24-20(28)16-7-5-11-27-19(16)25-21-18(22(27)29)15-6-3-4-8-17(15)32-21/h5,7,11,14H,2-4,6,8-10,12-13H2,1H3,(H,24,28). The molecule has 2 aliphatic rings. The van der Waals surface area contributed by atoms with Gasteiger partial charge >= 0.3 is 6.09 Å². The van der Waals surface area contributed by atoms with Crippen molar-refractivity contribution in [3.63, 3.8) is 0 Å². The number of carbonyl (C=O) groups excluding carboxylic acids is 2. The first-order valence-electron chi connectivity index (χ1n) is 11.2. The summed E-state index contributed by atoms with van der Waals surface area (Å²) in [6.07, 6.45) is 6.85. The van der Waals surface area contributed by atoms with Crippen molar-refractivity contribution in [1.29, 1.82) is 0 Å². The molecule has 3 aromatic heterocycles. The number of aromatic nitrogens is 2. The summed E-state index contributed by atoms with van der Waals surface area (Å²) in [4.78, 5) is 46.7. The van der Waals surface area contributed by atoms with E-state index in [4.69, 9.17) is 9.72 Å². The van der Waals surface area contributed by atoms with Gasteiger partial charge in [-0.3, -0.25) is 14.0 Å².